The molecule has 0 radical (unpaired) electrons. The molecule has 0 saturated carbocycles. The van der Waals surface area contributed by atoms with Crippen molar-refractivity contribution in [3.05, 3.63) is 35.4 Å². The molecule has 1 aliphatic rings. The van der Waals surface area contributed by atoms with E-state index >= 15 is 0 Å². The largest absolute Gasteiger partial charge is 0.478 e. The summed E-state index contributed by atoms with van der Waals surface area (Å²) < 4.78 is 0. The Bertz CT molecular complexity index is 543. The first kappa shape index (κ1) is 15.0. The van der Waals surface area contributed by atoms with Gasteiger partial charge < -0.3 is 15.3 Å². The number of hydrogen-bond donors (Lipinski definition) is 2. The van der Waals surface area contributed by atoms with E-state index < -0.39 is 5.97 Å². The van der Waals surface area contributed by atoms with Gasteiger partial charge in [-0.2, -0.15) is 0 Å². The molecule has 0 aliphatic carbocycles. The molecule has 1 unspecified atom stereocenters. The van der Waals surface area contributed by atoms with Gasteiger partial charge in [0.1, 0.15) is 0 Å². The number of hydrogen-bond acceptors (Lipinski definition) is 3. The van der Waals surface area contributed by atoms with Gasteiger partial charge in [0.2, 0.25) is 11.8 Å². The molecule has 0 aromatic heterocycles. The van der Waals surface area contributed by atoms with Crippen molar-refractivity contribution in [3.8, 4) is 0 Å². The summed E-state index contributed by atoms with van der Waals surface area (Å²) in [4.78, 5) is 35.7. The first-order valence-corrected chi connectivity index (χ1v) is 6.81. The molecule has 1 heterocycles. The van der Waals surface area contributed by atoms with Crippen molar-refractivity contribution < 1.29 is 19.5 Å². The summed E-state index contributed by atoms with van der Waals surface area (Å²) in [6, 6.07) is 6.46. The summed E-state index contributed by atoms with van der Waals surface area (Å²) in [5, 5.41) is 11.5. The van der Waals surface area contributed by atoms with E-state index in [1.165, 1.54) is 12.1 Å². The fraction of sp³-hybridized carbons (Fsp3) is 0.400. The standard InChI is InChI=1S/C15H18N2O4/c1-17(14(19)12-6-7-13(18)16-8-12)9-10-2-4-11(5-3-10)15(20)21/h2-5,12H,6-9H2,1H3,(H,16,18)(H,20,21). The van der Waals surface area contributed by atoms with Crippen LogP contribution in [0.25, 0.3) is 0 Å². The Labute approximate surface area is 122 Å². The van der Waals surface area contributed by atoms with Crippen LogP contribution < -0.4 is 5.32 Å². The normalized spacial score (nSPS) is 18.0. The second-order valence-corrected chi connectivity index (χ2v) is 5.24. The average Bonchev–Trinajstić information content (AvgIpc) is 2.47. The smallest absolute Gasteiger partial charge is 0.335 e. The van der Waals surface area contributed by atoms with E-state index in [2.05, 4.69) is 5.32 Å². The maximum absolute atomic E-state index is 12.3. The minimum atomic E-state index is -0.969. The Morgan fingerprint density at radius 3 is 2.52 bits per heavy atom. The molecule has 21 heavy (non-hydrogen) atoms. The molecule has 1 aromatic carbocycles. The fourth-order valence-corrected chi connectivity index (χ4v) is 2.36. The Morgan fingerprint density at radius 2 is 2.00 bits per heavy atom. The zero-order valence-corrected chi connectivity index (χ0v) is 11.8. The van der Waals surface area contributed by atoms with Gasteiger partial charge in [-0.25, -0.2) is 4.79 Å². The number of carboxylic acid groups (broad SMARTS) is 1. The van der Waals surface area contributed by atoms with Crippen molar-refractivity contribution in [2.75, 3.05) is 13.6 Å². The molecule has 6 nitrogen and oxygen atoms in total. The highest BCUT2D eigenvalue weighted by atomic mass is 16.4. The van der Waals surface area contributed by atoms with Crippen LogP contribution in [0.5, 0.6) is 0 Å². The number of amides is 2. The third-order valence-electron chi connectivity index (χ3n) is 3.61. The van der Waals surface area contributed by atoms with Gasteiger partial charge in [-0.3, -0.25) is 9.59 Å². The topological polar surface area (TPSA) is 86.7 Å². The highest BCUT2D eigenvalue weighted by Crippen LogP contribution is 2.15. The number of carbonyl (C=O) groups excluding carboxylic acids is 2. The van der Waals surface area contributed by atoms with Gasteiger partial charge in [0.25, 0.3) is 0 Å². The zero-order chi connectivity index (χ0) is 15.4. The van der Waals surface area contributed by atoms with Gasteiger partial charge in [-0.05, 0) is 24.1 Å². The maximum atomic E-state index is 12.3. The van der Waals surface area contributed by atoms with Crippen LogP contribution in [0, 0.1) is 5.92 Å². The number of carboxylic acids is 1. The van der Waals surface area contributed by atoms with Crippen LogP contribution in [0.15, 0.2) is 24.3 Å². The van der Waals surface area contributed by atoms with Crippen LogP contribution in [-0.4, -0.2) is 41.4 Å². The molecule has 2 amide bonds. The lowest BCUT2D eigenvalue weighted by Crippen LogP contribution is -2.43. The number of rotatable bonds is 4. The van der Waals surface area contributed by atoms with E-state index in [9.17, 15) is 14.4 Å². The predicted octanol–water partition coefficient (Wildman–Crippen LogP) is 0.869. The number of benzene rings is 1. The van der Waals surface area contributed by atoms with Crippen molar-refractivity contribution in [2.45, 2.75) is 19.4 Å². The van der Waals surface area contributed by atoms with Gasteiger partial charge in [-0.15, -0.1) is 0 Å². The van der Waals surface area contributed by atoms with Gasteiger partial charge >= 0.3 is 5.97 Å². The number of nitrogens with zero attached hydrogens (tertiary/aromatic N) is 1. The van der Waals surface area contributed by atoms with E-state index in [1.54, 1.807) is 24.1 Å². The molecule has 1 fully saturated rings. The van der Waals surface area contributed by atoms with Crippen LogP contribution in [0.2, 0.25) is 0 Å². The molecule has 1 saturated heterocycles. The molecule has 0 spiro atoms. The fourth-order valence-electron chi connectivity index (χ4n) is 2.36. The van der Waals surface area contributed by atoms with Crippen molar-refractivity contribution in [1.29, 1.82) is 0 Å². The third-order valence-corrected chi connectivity index (χ3v) is 3.61. The molecule has 1 aliphatic heterocycles. The van der Waals surface area contributed by atoms with Crippen molar-refractivity contribution >= 4 is 17.8 Å². The van der Waals surface area contributed by atoms with E-state index in [4.69, 9.17) is 5.11 Å². The zero-order valence-electron chi connectivity index (χ0n) is 11.8. The number of nitrogens with one attached hydrogen (secondary N) is 1. The molecule has 1 aromatic rings. The lowest BCUT2D eigenvalue weighted by Gasteiger charge is -2.26. The molecule has 2 N–H and O–H groups in total. The summed E-state index contributed by atoms with van der Waals surface area (Å²) >= 11 is 0. The minimum absolute atomic E-state index is 0.00249. The second kappa shape index (κ2) is 6.39. The first-order valence-electron chi connectivity index (χ1n) is 6.81. The third kappa shape index (κ3) is 3.81. The van der Waals surface area contributed by atoms with Gasteiger partial charge in [0.05, 0.1) is 11.5 Å². The Morgan fingerprint density at radius 1 is 1.33 bits per heavy atom. The van der Waals surface area contributed by atoms with Crippen LogP contribution in [0.1, 0.15) is 28.8 Å². The van der Waals surface area contributed by atoms with Crippen molar-refractivity contribution in [1.82, 2.24) is 10.2 Å². The van der Waals surface area contributed by atoms with E-state index in [0.29, 0.717) is 25.9 Å². The summed E-state index contributed by atoms with van der Waals surface area (Å²) in [6.45, 7) is 0.809. The van der Waals surface area contributed by atoms with Crippen LogP contribution in [0.3, 0.4) is 0 Å². The molecule has 1 atom stereocenters. The van der Waals surface area contributed by atoms with E-state index in [-0.39, 0.29) is 23.3 Å². The Kier molecular flexibility index (Phi) is 4.57. The summed E-state index contributed by atoms with van der Waals surface area (Å²) in [5.41, 5.74) is 1.10. The van der Waals surface area contributed by atoms with Gasteiger partial charge in [-0.1, -0.05) is 12.1 Å². The summed E-state index contributed by atoms with van der Waals surface area (Å²) in [7, 11) is 1.71. The average molecular weight is 290 g/mol. The van der Waals surface area contributed by atoms with Crippen molar-refractivity contribution in [2.24, 2.45) is 5.92 Å². The Hall–Kier alpha value is -2.37. The van der Waals surface area contributed by atoms with E-state index in [0.717, 1.165) is 5.56 Å². The van der Waals surface area contributed by atoms with Gasteiger partial charge in [0.15, 0.2) is 0 Å². The monoisotopic (exact) mass is 290 g/mol. The second-order valence-electron chi connectivity index (χ2n) is 5.24. The maximum Gasteiger partial charge on any atom is 0.335 e. The number of aromatic carboxylic acids is 1. The molecule has 2 rings (SSSR count). The van der Waals surface area contributed by atoms with Crippen LogP contribution in [-0.2, 0) is 16.1 Å². The SMILES string of the molecule is CN(Cc1ccc(C(=O)O)cc1)C(=O)C1CCC(=O)NC1. The molecule has 112 valence electrons. The number of piperidine rings is 1. The molecule has 0 bridgehead atoms. The Balaban J connectivity index is 1.94. The lowest BCUT2D eigenvalue weighted by atomic mass is 9.97. The van der Waals surface area contributed by atoms with E-state index in [1.807, 2.05) is 0 Å². The van der Waals surface area contributed by atoms with Crippen LogP contribution >= 0.6 is 0 Å². The van der Waals surface area contributed by atoms with Crippen LogP contribution in [0.4, 0.5) is 0 Å². The highest BCUT2D eigenvalue weighted by molar-refractivity contribution is 5.87. The predicted molar refractivity (Wildman–Crippen MR) is 75.6 cm³/mol. The highest BCUT2D eigenvalue weighted by Gasteiger charge is 2.26. The summed E-state index contributed by atoms with van der Waals surface area (Å²) in [5.74, 6) is -1.15. The van der Waals surface area contributed by atoms with Crippen molar-refractivity contribution in [3.63, 3.8) is 0 Å². The van der Waals surface area contributed by atoms with Gasteiger partial charge in [0, 0.05) is 26.6 Å². The molecular weight excluding hydrogens is 272 g/mol. The number of carbonyl (C=O) groups is 3. The quantitative estimate of drug-likeness (QED) is 0.861. The molecular formula is C15H18N2O4. The summed E-state index contributed by atoms with van der Waals surface area (Å²) in [6.07, 6.45) is 0.963. The molecule has 6 heteroatoms. The first-order chi connectivity index (χ1) is 9.97. The lowest BCUT2D eigenvalue weighted by molar-refractivity contribution is -0.136. The minimum Gasteiger partial charge on any atom is -0.478 e.